The second-order valence-electron chi connectivity index (χ2n) is 4.98. The fourth-order valence-corrected chi connectivity index (χ4v) is 3.37. The van der Waals surface area contributed by atoms with Crippen LogP contribution in [0.4, 0.5) is 5.69 Å². The Labute approximate surface area is 144 Å². The fraction of sp³-hybridized carbons (Fsp3) is 0.200. The number of nitro benzene ring substituents is 1. The van der Waals surface area contributed by atoms with Gasteiger partial charge in [-0.15, -0.1) is 0 Å². The van der Waals surface area contributed by atoms with Crippen molar-refractivity contribution in [2.45, 2.75) is 18.4 Å². The van der Waals surface area contributed by atoms with Crippen molar-refractivity contribution < 1.29 is 18.1 Å². The molecule has 9 heteroatoms. The molecular formula is C15H15ClN2O5S. The zero-order valence-corrected chi connectivity index (χ0v) is 14.5. The molecule has 0 saturated heterocycles. The van der Waals surface area contributed by atoms with Gasteiger partial charge in [0, 0.05) is 18.2 Å². The lowest BCUT2D eigenvalue weighted by Gasteiger charge is -2.09. The number of halogens is 1. The molecule has 0 radical (unpaired) electrons. The lowest BCUT2D eigenvalue weighted by molar-refractivity contribution is -0.385. The van der Waals surface area contributed by atoms with E-state index in [1.54, 1.807) is 24.3 Å². The van der Waals surface area contributed by atoms with Crippen LogP contribution in [0.1, 0.15) is 11.1 Å². The van der Waals surface area contributed by atoms with E-state index in [4.69, 9.17) is 16.3 Å². The van der Waals surface area contributed by atoms with Gasteiger partial charge in [-0.2, -0.15) is 0 Å². The van der Waals surface area contributed by atoms with Gasteiger partial charge >= 0.3 is 0 Å². The van der Waals surface area contributed by atoms with Gasteiger partial charge in [-0.25, -0.2) is 13.1 Å². The minimum atomic E-state index is -3.95. The minimum Gasteiger partial charge on any atom is -0.497 e. The van der Waals surface area contributed by atoms with E-state index in [1.165, 1.54) is 20.1 Å². The van der Waals surface area contributed by atoms with Crippen molar-refractivity contribution in [2.75, 3.05) is 7.11 Å². The average molecular weight is 371 g/mol. The van der Waals surface area contributed by atoms with Gasteiger partial charge in [0.2, 0.25) is 10.0 Å². The highest BCUT2D eigenvalue weighted by molar-refractivity contribution is 7.89. The van der Waals surface area contributed by atoms with Crippen LogP contribution in [0.3, 0.4) is 0 Å². The Morgan fingerprint density at radius 1 is 1.29 bits per heavy atom. The Morgan fingerprint density at radius 3 is 2.62 bits per heavy atom. The number of nitro groups is 1. The summed E-state index contributed by atoms with van der Waals surface area (Å²) in [6.07, 6.45) is 0. The first-order valence-corrected chi connectivity index (χ1v) is 8.68. The van der Waals surface area contributed by atoms with Crippen LogP contribution in [0.5, 0.6) is 5.75 Å². The molecule has 0 fully saturated rings. The quantitative estimate of drug-likeness (QED) is 0.622. The summed E-state index contributed by atoms with van der Waals surface area (Å²) in [5.74, 6) is 0.598. The number of methoxy groups -OCH3 is 1. The van der Waals surface area contributed by atoms with Crippen LogP contribution in [-0.4, -0.2) is 20.5 Å². The molecule has 128 valence electrons. The van der Waals surface area contributed by atoms with E-state index < -0.39 is 14.9 Å². The van der Waals surface area contributed by atoms with Crippen LogP contribution >= 0.6 is 11.6 Å². The van der Waals surface area contributed by atoms with Crippen LogP contribution in [0, 0.1) is 17.0 Å². The first-order chi connectivity index (χ1) is 11.2. The van der Waals surface area contributed by atoms with Gasteiger partial charge in [0.1, 0.15) is 5.75 Å². The molecule has 0 amide bonds. The number of nitrogens with one attached hydrogen (secondary N) is 1. The van der Waals surface area contributed by atoms with E-state index in [2.05, 4.69) is 4.72 Å². The smallest absolute Gasteiger partial charge is 0.275 e. The van der Waals surface area contributed by atoms with Gasteiger partial charge in [-0.1, -0.05) is 23.7 Å². The van der Waals surface area contributed by atoms with E-state index in [-0.39, 0.29) is 27.7 Å². The van der Waals surface area contributed by atoms with E-state index >= 15 is 0 Å². The normalized spacial score (nSPS) is 11.3. The van der Waals surface area contributed by atoms with Gasteiger partial charge < -0.3 is 4.74 Å². The summed E-state index contributed by atoms with van der Waals surface area (Å²) in [5.41, 5.74) is 0.559. The van der Waals surface area contributed by atoms with Crippen LogP contribution in [-0.2, 0) is 16.6 Å². The molecule has 0 aromatic heterocycles. The molecule has 0 spiro atoms. The Morgan fingerprint density at radius 2 is 2.00 bits per heavy atom. The second-order valence-corrected chi connectivity index (χ2v) is 7.16. The molecule has 0 unspecified atom stereocenters. The molecule has 2 aromatic rings. The number of nitrogens with zero attached hydrogens (tertiary/aromatic N) is 1. The number of hydrogen-bond acceptors (Lipinski definition) is 5. The van der Waals surface area contributed by atoms with Gasteiger partial charge in [0.05, 0.1) is 22.0 Å². The Balaban J connectivity index is 2.29. The zero-order chi connectivity index (χ0) is 17.9. The molecule has 7 nitrogen and oxygen atoms in total. The predicted molar refractivity (Wildman–Crippen MR) is 89.9 cm³/mol. The summed E-state index contributed by atoms with van der Waals surface area (Å²) < 4.78 is 32.2. The van der Waals surface area contributed by atoms with Crippen molar-refractivity contribution in [3.63, 3.8) is 0 Å². The monoisotopic (exact) mass is 370 g/mol. The zero-order valence-electron chi connectivity index (χ0n) is 12.9. The lowest BCUT2D eigenvalue weighted by atomic mass is 10.2. The van der Waals surface area contributed by atoms with E-state index in [1.807, 2.05) is 0 Å². The molecule has 0 bridgehead atoms. The van der Waals surface area contributed by atoms with Crippen molar-refractivity contribution in [3.8, 4) is 5.75 Å². The number of hydrogen-bond donors (Lipinski definition) is 1. The number of sulfonamides is 1. The van der Waals surface area contributed by atoms with Gasteiger partial charge in [0.25, 0.3) is 5.69 Å². The summed E-state index contributed by atoms with van der Waals surface area (Å²) in [7, 11) is -2.44. The minimum absolute atomic E-state index is 0.0127. The topological polar surface area (TPSA) is 98.5 Å². The highest BCUT2D eigenvalue weighted by Gasteiger charge is 2.22. The Bertz CT molecular complexity index is 883. The third kappa shape index (κ3) is 4.02. The van der Waals surface area contributed by atoms with Crippen molar-refractivity contribution in [1.82, 2.24) is 4.72 Å². The standard InChI is InChI=1S/C15H15ClN2O5S/c1-10-14(16)7-13(8-15(10)18(19)20)24(21,22)17-9-11-4-3-5-12(6-11)23-2/h3-8,17H,9H2,1-2H3. The van der Waals surface area contributed by atoms with Crippen LogP contribution in [0.25, 0.3) is 0 Å². The summed E-state index contributed by atoms with van der Waals surface area (Å²) in [5, 5.41) is 11.0. The second kappa shape index (κ2) is 7.16. The maximum atomic E-state index is 12.4. The van der Waals surface area contributed by atoms with Gasteiger partial charge in [-0.05, 0) is 30.7 Å². The van der Waals surface area contributed by atoms with E-state index in [0.29, 0.717) is 11.3 Å². The summed E-state index contributed by atoms with van der Waals surface area (Å²) in [6, 6.07) is 9.08. The summed E-state index contributed by atoms with van der Waals surface area (Å²) in [6.45, 7) is 1.47. The fourth-order valence-electron chi connectivity index (χ4n) is 2.03. The average Bonchev–Trinajstić information content (AvgIpc) is 2.55. The number of ether oxygens (including phenoxy) is 1. The molecule has 24 heavy (non-hydrogen) atoms. The largest absolute Gasteiger partial charge is 0.497 e. The van der Waals surface area contributed by atoms with Crippen molar-refractivity contribution >= 4 is 27.3 Å². The molecule has 2 rings (SSSR count). The molecule has 0 aliphatic heterocycles. The van der Waals surface area contributed by atoms with E-state index in [9.17, 15) is 18.5 Å². The first-order valence-electron chi connectivity index (χ1n) is 6.81. The van der Waals surface area contributed by atoms with Crippen molar-refractivity contribution in [2.24, 2.45) is 0 Å². The van der Waals surface area contributed by atoms with E-state index in [0.717, 1.165) is 6.07 Å². The predicted octanol–water partition coefficient (Wildman–Crippen LogP) is 3.04. The first kappa shape index (κ1) is 18.2. The maximum absolute atomic E-state index is 12.4. The van der Waals surface area contributed by atoms with Crippen molar-refractivity contribution in [1.29, 1.82) is 0 Å². The molecule has 0 heterocycles. The molecule has 0 aliphatic rings. The highest BCUT2D eigenvalue weighted by atomic mass is 35.5. The SMILES string of the molecule is COc1cccc(CNS(=O)(=O)c2cc(Cl)c(C)c([N+](=O)[O-])c2)c1. The number of benzene rings is 2. The molecular weight excluding hydrogens is 356 g/mol. The molecule has 0 atom stereocenters. The van der Waals surface area contributed by atoms with Crippen LogP contribution in [0.2, 0.25) is 5.02 Å². The lowest BCUT2D eigenvalue weighted by Crippen LogP contribution is -2.23. The molecule has 2 aromatic carbocycles. The van der Waals surface area contributed by atoms with Crippen LogP contribution < -0.4 is 9.46 Å². The van der Waals surface area contributed by atoms with Gasteiger partial charge in [-0.3, -0.25) is 10.1 Å². The summed E-state index contributed by atoms with van der Waals surface area (Å²) in [4.78, 5) is 10.1. The molecule has 0 aliphatic carbocycles. The Hall–Kier alpha value is -2.16. The summed E-state index contributed by atoms with van der Waals surface area (Å²) >= 11 is 5.91. The number of rotatable bonds is 6. The molecule has 1 N–H and O–H groups in total. The third-order valence-corrected chi connectivity index (χ3v) is 5.17. The maximum Gasteiger partial charge on any atom is 0.275 e. The third-order valence-electron chi connectivity index (χ3n) is 3.40. The Kier molecular flexibility index (Phi) is 5.43. The van der Waals surface area contributed by atoms with Gasteiger partial charge in [0.15, 0.2) is 0 Å². The highest BCUT2D eigenvalue weighted by Crippen LogP contribution is 2.29. The molecule has 0 saturated carbocycles. The van der Waals surface area contributed by atoms with Crippen LogP contribution in [0.15, 0.2) is 41.3 Å². The van der Waals surface area contributed by atoms with Crippen molar-refractivity contribution in [3.05, 3.63) is 62.7 Å².